The minimum atomic E-state index is -0.836. The number of carbonyl (C=O) groups is 1. The smallest absolute Gasteiger partial charge is 0.305 e. The van der Waals surface area contributed by atoms with Crippen molar-refractivity contribution in [3.05, 3.63) is 29.8 Å². The molecule has 0 unspecified atom stereocenters. The summed E-state index contributed by atoms with van der Waals surface area (Å²) >= 11 is 0. The summed E-state index contributed by atoms with van der Waals surface area (Å²) in [5.41, 5.74) is 0. The third-order valence-corrected chi connectivity index (χ3v) is 1.38. The lowest BCUT2D eigenvalue weighted by Crippen LogP contribution is -2.08. The van der Waals surface area contributed by atoms with Crippen molar-refractivity contribution >= 4 is 5.97 Å². The number of rotatable bonds is 3. The molecule has 14 heavy (non-hydrogen) atoms. The van der Waals surface area contributed by atoms with Gasteiger partial charge in [0, 0.05) is 6.92 Å². The van der Waals surface area contributed by atoms with Crippen LogP contribution in [0.1, 0.15) is 6.92 Å². The van der Waals surface area contributed by atoms with Crippen molar-refractivity contribution in [1.82, 2.24) is 0 Å². The number of carbonyl (C=O) groups excluding carboxylic acids is 1. The standard InChI is InChI=1S/C9H8F2O3/c1-6(12)13-5-14-9-7(10)3-2-4-8(9)11/h2-4H,5H2,1H3. The Morgan fingerprint density at radius 2 is 1.93 bits per heavy atom. The van der Waals surface area contributed by atoms with Gasteiger partial charge < -0.3 is 9.47 Å². The number of ether oxygens (including phenoxy) is 2. The van der Waals surface area contributed by atoms with Gasteiger partial charge in [-0.15, -0.1) is 0 Å². The molecule has 0 aliphatic heterocycles. The number of benzene rings is 1. The number of esters is 1. The van der Waals surface area contributed by atoms with Crippen LogP contribution in [0.15, 0.2) is 18.2 Å². The molecule has 1 aromatic rings. The first-order valence-electron chi connectivity index (χ1n) is 3.81. The maximum Gasteiger partial charge on any atom is 0.305 e. The van der Waals surface area contributed by atoms with Crippen LogP contribution in [0.4, 0.5) is 8.78 Å². The van der Waals surface area contributed by atoms with Crippen molar-refractivity contribution < 1.29 is 23.0 Å². The van der Waals surface area contributed by atoms with Crippen LogP contribution in [0.3, 0.4) is 0 Å². The first kappa shape index (κ1) is 10.4. The lowest BCUT2D eigenvalue weighted by molar-refractivity contribution is -0.147. The molecular weight excluding hydrogens is 194 g/mol. The van der Waals surface area contributed by atoms with Crippen molar-refractivity contribution in [3.8, 4) is 5.75 Å². The highest BCUT2D eigenvalue weighted by atomic mass is 19.1. The largest absolute Gasteiger partial charge is 0.451 e. The molecule has 1 aromatic carbocycles. The minimum Gasteiger partial charge on any atom is -0.451 e. The summed E-state index contributed by atoms with van der Waals surface area (Å²) in [5, 5.41) is 0. The Balaban J connectivity index is 2.62. The third kappa shape index (κ3) is 2.69. The number of hydrogen-bond acceptors (Lipinski definition) is 3. The Kier molecular flexibility index (Phi) is 3.39. The summed E-state index contributed by atoms with van der Waals surface area (Å²) in [6.07, 6.45) is 0. The van der Waals surface area contributed by atoms with E-state index in [1.165, 1.54) is 13.0 Å². The summed E-state index contributed by atoms with van der Waals surface area (Å²) in [5.74, 6) is -2.80. The summed E-state index contributed by atoms with van der Waals surface area (Å²) in [4.78, 5) is 10.3. The molecule has 3 nitrogen and oxygen atoms in total. The fourth-order valence-electron chi connectivity index (χ4n) is 0.792. The van der Waals surface area contributed by atoms with Crippen molar-refractivity contribution in [2.75, 3.05) is 6.79 Å². The number of para-hydroxylation sites is 1. The van der Waals surface area contributed by atoms with Gasteiger partial charge in [-0.05, 0) is 12.1 Å². The van der Waals surface area contributed by atoms with Crippen LogP contribution in [0.5, 0.6) is 5.75 Å². The zero-order valence-electron chi connectivity index (χ0n) is 7.42. The molecule has 0 radical (unpaired) electrons. The predicted octanol–water partition coefficient (Wildman–Crippen LogP) is 1.86. The highest BCUT2D eigenvalue weighted by Crippen LogP contribution is 2.20. The monoisotopic (exact) mass is 202 g/mol. The molecule has 0 amide bonds. The molecular formula is C9H8F2O3. The van der Waals surface area contributed by atoms with Crippen LogP contribution in [0.2, 0.25) is 0 Å². The summed E-state index contributed by atoms with van der Waals surface area (Å²) in [6, 6.07) is 3.31. The van der Waals surface area contributed by atoms with E-state index in [0.717, 1.165) is 12.1 Å². The zero-order valence-corrected chi connectivity index (χ0v) is 7.42. The van der Waals surface area contributed by atoms with Crippen LogP contribution in [0, 0.1) is 11.6 Å². The fourth-order valence-corrected chi connectivity index (χ4v) is 0.792. The van der Waals surface area contributed by atoms with Crippen LogP contribution >= 0.6 is 0 Å². The van der Waals surface area contributed by atoms with Gasteiger partial charge in [0.25, 0.3) is 0 Å². The molecule has 0 N–H and O–H groups in total. The summed E-state index contributed by atoms with van der Waals surface area (Å²) < 4.78 is 34.7. The van der Waals surface area contributed by atoms with Gasteiger partial charge in [-0.3, -0.25) is 4.79 Å². The SMILES string of the molecule is CC(=O)OCOc1c(F)cccc1F. The van der Waals surface area contributed by atoms with Crippen molar-refractivity contribution in [2.45, 2.75) is 6.92 Å². The maximum atomic E-state index is 12.9. The van der Waals surface area contributed by atoms with E-state index in [4.69, 9.17) is 0 Å². The number of hydrogen-bond donors (Lipinski definition) is 0. The molecule has 0 saturated heterocycles. The van der Waals surface area contributed by atoms with E-state index in [2.05, 4.69) is 9.47 Å². The van der Waals surface area contributed by atoms with E-state index in [1.807, 2.05) is 0 Å². The highest BCUT2D eigenvalue weighted by molar-refractivity contribution is 5.65. The molecule has 0 fully saturated rings. The van der Waals surface area contributed by atoms with E-state index in [1.54, 1.807) is 0 Å². The molecule has 1 rings (SSSR count). The number of halogens is 2. The minimum absolute atomic E-state index is 0.507. The Bertz CT molecular complexity index is 319. The van der Waals surface area contributed by atoms with Gasteiger partial charge in [0.2, 0.25) is 6.79 Å². The zero-order chi connectivity index (χ0) is 10.6. The molecule has 0 aromatic heterocycles. The molecule has 0 saturated carbocycles. The van der Waals surface area contributed by atoms with Gasteiger partial charge in [-0.25, -0.2) is 8.78 Å². The Morgan fingerprint density at radius 3 is 2.43 bits per heavy atom. The topological polar surface area (TPSA) is 35.5 Å². The highest BCUT2D eigenvalue weighted by Gasteiger charge is 2.09. The van der Waals surface area contributed by atoms with Gasteiger partial charge in [0.1, 0.15) is 0 Å². The van der Waals surface area contributed by atoms with E-state index in [-0.39, 0.29) is 0 Å². The molecule has 0 bridgehead atoms. The maximum absolute atomic E-state index is 12.9. The predicted molar refractivity (Wildman–Crippen MR) is 43.6 cm³/mol. The Morgan fingerprint density at radius 1 is 1.36 bits per heavy atom. The molecule has 0 atom stereocenters. The van der Waals surface area contributed by atoms with Gasteiger partial charge in [0.15, 0.2) is 17.4 Å². The Labute approximate surface area is 79.2 Å². The first-order chi connectivity index (χ1) is 6.61. The summed E-state index contributed by atoms with van der Waals surface area (Å²) in [7, 11) is 0. The quantitative estimate of drug-likeness (QED) is 0.554. The molecule has 0 heterocycles. The lowest BCUT2D eigenvalue weighted by atomic mass is 10.3. The van der Waals surface area contributed by atoms with Gasteiger partial charge in [-0.1, -0.05) is 6.07 Å². The van der Waals surface area contributed by atoms with Crippen LogP contribution < -0.4 is 4.74 Å². The van der Waals surface area contributed by atoms with Gasteiger partial charge in [0.05, 0.1) is 0 Å². The molecule has 0 aliphatic carbocycles. The average Bonchev–Trinajstić information content (AvgIpc) is 2.09. The van der Waals surface area contributed by atoms with E-state index < -0.39 is 30.1 Å². The molecule has 0 spiro atoms. The van der Waals surface area contributed by atoms with Gasteiger partial charge >= 0.3 is 5.97 Å². The Hall–Kier alpha value is -1.65. The van der Waals surface area contributed by atoms with Crippen molar-refractivity contribution in [2.24, 2.45) is 0 Å². The van der Waals surface area contributed by atoms with E-state index >= 15 is 0 Å². The average molecular weight is 202 g/mol. The van der Waals surface area contributed by atoms with E-state index in [0.29, 0.717) is 0 Å². The lowest BCUT2D eigenvalue weighted by Gasteiger charge is -2.07. The third-order valence-electron chi connectivity index (χ3n) is 1.38. The first-order valence-corrected chi connectivity index (χ1v) is 3.81. The van der Waals surface area contributed by atoms with Crippen LogP contribution in [0.25, 0.3) is 0 Å². The second-order valence-corrected chi connectivity index (χ2v) is 2.45. The van der Waals surface area contributed by atoms with Crippen molar-refractivity contribution in [3.63, 3.8) is 0 Å². The van der Waals surface area contributed by atoms with E-state index in [9.17, 15) is 13.6 Å². The molecule has 5 heteroatoms. The summed E-state index contributed by atoms with van der Waals surface area (Å²) in [6.45, 7) is 0.661. The normalized spacial score (nSPS) is 9.64. The van der Waals surface area contributed by atoms with Gasteiger partial charge in [-0.2, -0.15) is 0 Å². The van der Waals surface area contributed by atoms with Crippen LogP contribution in [-0.4, -0.2) is 12.8 Å². The molecule has 76 valence electrons. The second-order valence-electron chi connectivity index (χ2n) is 2.45. The van der Waals surface area contributed by atoms with Crippen LogP contribution in [-0.2, 0) is 9.53 Å². The van der Waals surface area contributed by atoms with Crippen molar-refractivity contribution in [1.29, 1.82) is 0 Å². The fraction of sp³-hybridized carbons (Fsp3) is 0.222. The second kappa shape index (κ2) is 4.55. The molecule has 0 aliphatic rings.